The van der Waals surface area contributed by atoms with Gasteiger partial charge in [-0.3, -0.25) is 0 Å². The van der Waals surface area contributed by atoms with Crippen molar-refractivity contribution >= 4 is 17.3 Å². The molecule has 2 aromatic rings. The van der Waals surface area contributed by atoms with Crippen LogP contribution < -0.4 is 15.4 Å². The van der Waals surface area contributed by atoms with Crippen LogP contribution >= 0.6 is 11.3 Å². The van der Waals surface area contributed by atoms with E-state index in [1.807, 2.05) is 24.3 Å². The lowest BCUT2D eigenvalue weighted by molar-refractivity contribution is 0.410. The molecule has 2 rings (SSSR count). The number of aromatic nitrogens is 1. The Morgan fingerprint density at radius 2 is 2.00 bits per heavy atom. The lowest BCUT2D eigenvalue weighted by Crippen LogP contribution is -2.36. The zero-order chi connectivity index (χ0) is 18.3. The van der Waals surface area contributed by atoms with Gasteiger partial charge in [-0.25, -0.2) is 9.98 Å². The van der Waals surface area contributed by atoms with Crippen molar-refractivity contribution in [3.05, 3.63) is 45.9 Å². The average molecular weight is 361 g/mol. The number of para-hydroxylation sites is 1. The first-order valence-electron chi connectivity index (χ1n) is 8.53. The van der Waals surface area contributed by atoms with E-state index in [0.717, 1.165) is 34.5 Å². The summed E-state index contributed by atoms with van der Waals surface area (Å²) in [5.74, 6) is 1.64. The van der Waals surface area contributed by atoms with Crippen molar-refractivity contribution in [2.45, 2.75) is 46.2 Å². The Balaban J connectivity index is 2.01. The number of ether oxygens (including phenoxy) is 1. The van der Waals surface area contributed by atoms with Gasteiger partial charge in [0.15, 0.2) is 5.96 Å². The highest BCUT2D eigenvalue weighted by Crippen LogP contribution is 2.23. The Labute approximate surface area is 154 Å². The van der Waals surface area contributed by atoms with E-state index in [1.54, 1.807) is 18.4 Å². The quantitative estimate of drug-likeness (QED) is 0.609. The van der Waals surface area contributed by atoms with Crippen molar-refractivity contribution in [2.24, 2.45) is 4.99 Å². The van der Waals surface area contributed by atoms with Gasteiger partial charge in [0, 0.05) is 22.9 Å². The Kier molecular flexibility index (Phi) is 6.82. The predicted molar refractivity (Wildman–Crippen MR) is 105 cm³/mol. The molecular formula is C19H28N4OS. The van der Waals surface area contributed by atoms with Crippen LogP contribution in [0.15, 0.2) is 34.6 Å². The third-order valence-corrected chi connectivity index (χ3v) is 4.52. The van der Waals surface area contributed by atoms with Crippen LogP contribution in [0, 0.1) is 0 Å². The minimum atomic E-state index is 0.0806. The highest BCUT2D eigenvalue weighted by Gasteiger charge is 2.17. The van der Waals surface area contributed by atoms with E-state index in [2.05, 4.69) is 48.7 Å². The second-order valence-electron chi connectivity index (χ2n) is 6.74. The molecule has 0 bridgehead atoms. The number of benzene rings is 1. The maximum atomic E-state index is 5.38. The molecule has 1 aromatic heterocycles. The fraction of sp³-hybridized carbons (Fsp3) is 0.474. The van der Waals surface area contributed by atoms with Crippen molar-refractivity contribution in [1.82, 2.24) is 15.6 Å². The molecule has 0 fully saturated rings. The number of rotatable bonds is 6. The molecule has 0 aliphatic heterocycles. The smallest absolute Gasteiger partial charge is 0.191 e. The molecule has 6 heteroatoms. The van der Waals surface area contributed by atoms with E-state index < -0.39 is 0 Å². The molecule has 0 aliphatic carbocycles. The second kappa shape index (κ2) is 8.85. The highest BCUT2D eigenvalue weighted by molar-refractivity contribution is 7.09. The van der Waals surface area contributed by atoms with Gasteiger partial charge >= 0.3 is 0 Å². The van der Waals surface area contributed by atoms with Crippen LogP contribution in [-0.4, -0.2) is 24.6 Å². The molecule has 0 radical (unpaired) electrons. The molecule has 2 N–H and O–H groups in total. The van der Waals surface area contributed by atoms with Crippen molar-refractivity contribution in [1.29, 1.82) is 0 Å². The summed E-state index contributed by atoms with van der Waals surface area (Å²) in [5.41, 5.74) is 2.27. The van der Waals surface area contributed by atoms with Crippen LogP contribution in [0.2, 0.25) is 0 Å². The standard InChI is InChI=1S/C19H28N4OS/c1-6-20-18(21-11-14-9-7-8-10-15(14)24-5)22-12-17-23-16(13-25-17)19(2,3)4/h7-10,13H,6,11-12H2,1-5H3,(H2,20,21,22). The largest absolute Gasteiger partial charge is 0.496 e. The monoisotopic (exact) mass is 360 g/mol. The summed E-state index contributed by atoms with van der Waals surface area (Å²) in [5, 5.41) is 9.83. The summed E-state index contributed by atoms with van der Waals surface area (Å²) in [4.78, 5) is 9.37. The number of hydrogen-bond donors (Lipinski definition) is 2. The third-order valence-electron chi connectivity index (χ3n) is 3.67. The fourth-order valence-electron chi connectivity index (χ4n) is 2.24. The molecule has 0 aliphatic rings. The molecule has 1 heterocycles. The lowest BCUT2D eigenvalue weighted by atomic mass is 9.93. The number of guanidine groups is 1. The Morgan fingerprint density at radius 1 is 1.24 bits per heavy atom. The topological polar surface area (TPSA) is 58.5 Å². The summed E-state index contributed by atoms with van der Waals surface area (Å²) in [6.45, 7) is 10.6. The van der Waals surface area contributed by atoms with E-state index in [0.29, 0.717) is 13.1 Å². The van der Waals surface area contributed by atoms with Gasteiger partial charge in [-0.2, -0.15) is 0 Å². The van der Waals surface area contributed by atoms with Crippen molar-refractivity contribution in [2.75, 3.05) is 13.7 Å². The molecule has 136 valence electrons. The van der Waals surface area contributed by atoms with Crippen molar-refractivity contribution < 1.29 is 4.74 Å². The molecule has 5 nitrogen and oxygen atoms in total. The fourth-order valence-corrected chi connectivity index (χ4v) is 3.20. The minimum absolute atomic E-state index is 0.0806. The van der Waals surface area contributed by atoms with E-state index in [1.165, 1.54) is 0 Å². The molecule has 0 saturated carbocycles. The Morgan fingerprint density at radius 3 is 2.64 bits per heavy atom. The SMILES string of the molecule is CCNC(=NCc1ccccc1OC)NCc1nc(C(C)(C)C)cs1. The van der Waals surface area contributed by atoms with Crippen LogP contribution in [0.4, 0.5) is 0 Å². The predicted octanol–water partition coefficient (Wildman–Crippen LogP) is 3.70. The van der Waals surface area contributed by atoms with E-state index in [-0.39, 0.29) is 5.41 Å². The van der Waals surface area contributed by atoms with Gasteiger partial charge in [0.05, 0.1) is 25.9 Å². The van der Waals surface area contributed by atoms with Gasteiger partial charge in [0.1, 0.15) is 10.8 Å². The summed E-state index contributed by atoms with van der Waals surface area (Å²) >= 11 is 1.68. The number of hydrogen-bond acceptors (Lipinski definition) is 4. The molecule has 0 saturated heterocycles. The molecular weight excluding hydrogens is 332 g/mol. The van der Waals surface area contributed by atoms with Crippen LogP contribution in [-0.2, 0) is 18.5 Å². The van der Waals surface area contributed by atoms with Crippen molar-refractivity contribution in [3.8, 4) is 5.75 Å². The first-order chi connectivity index (χ1) is 11.9. The van der Waals surface area contributed by atoms with E-state index in [4.69, 9.17) is 9.72 Å². The van der Waals surface area contributed by atoms with E-state index >= 15 is 0 Å². The number of nitrogens with one attached hydrogen (secondary N) is 2. The van der Waals surface area contributed by atoms with Gasteiger partial charge < -0.3 is 15.4 Å². The molecule has 0 spiro atoms. The zero-order valence-corrected chi connectivity index (χ0v) is 16.5. The molecule has 0 unspecified atom stereocenters. The number of nitrogens with zero attached hydrogens (tertiary/aromatic N) is 2. The van der Waals surface area contributed by atoms with Gasteiger partial charge in [0.2, 0.25) is 0 Å². The highest BCUT2D eigenvalue weighted by atomic mass is 32.1. The van der Waals surface area contributed by atoms with Gasteiger partial charge in [-0.05, 0) is 13.0 Å². The first kappa shape index (κ1) is 19.2. The normalized spacial score (nSPS) is 12.1. The number of aliphatic imine (C=N–C) groups is 1. The first-order valence-corrected chi connectivity index (χ1v) is 9.41. The lowest BCUT2D eigenvalue weighted by Gasteiger charge is -2.14. The van der Waals surface area contributed by atoms with Crippen LogP contribution in [0.1, 0.15) is 44.0 Å². The average Bonchev–Trinajstić information content (AvgIpc) is 3.07. The molecule has 25 heavy (non-hydrogen) atoms. The van der Waals surface area contributed by atoms with Gasteiger partial charge in [-0.15, -0.1) is 11.3 Å². The van der Waals surface area contributed by atoms with Crippen LogP contribution in [0.3, 0.4) is 0 Å². The van der Waals surface area contributed by atoms with Gasteiger partial charge in [0.25, 0.3) is 0 Å². The van der Waals surface area contributed by atoms with Gasteiger partial charge in [-0.1, -0.05) is 39.0 Å². The maximum absolute atomic E-state index is 5.38. The van der Waals surface area contributed by atoms with E-state index in [9.17, 15) is 0 Å². The number of methoxy groups -OCH3 is 1. The zero-order valence-electron chi connectivity index (χ0n) is 15.7. The maximum Gasteiger partial charge on any atom is 0.191 e. The summed E-state index contributed by atoms with van der Waals surface area (Å²) < 4.78 is 5.38. The Bertz CT molecular complexity index is 703. The summed E-state index contributed by atoms with van der Waals surface area (Å²) in [7, 11) is 1.68. The van der Waals surface area contributed by atoms with Crippen LogP contribution in [0.5, 0.6) is 5.75 Å². The summed E-state index contributed by atoms with van der Waals surface area (Å²) in [6, 6.07) is 7.94. The molecule has 1 aromatic carbocycles. The molecule has 0 atom stereocenters. The van der Waals surface area contributed by atoms with Crippen molar-refractivity contribution in [3.63, 3.8) is 0 Å². The Hall–Kier alpha value is -2.08. The third kappa shape index (κ3) is 5.74. The van der Waals surface area contributed by atoms with Crippen LogP contribution in [0.25, 0.3) is 0 Å². The minimum Gasteiger partial charge on any atom is -0.496 e. The summed E-state index contributed by atoms with van der Waals surface area (Å²) in [6.07, 6.45) is 0. The molecule has 0 amide bonds. The number of thiazole rings is 1. The second-order valence-corrected chi connectivity index (χ2v) is 7.68.